The van der Waals surface area contributed by atoms with E-state index in [1.54, 1.807) is 36.9 Å². The molecule has 2 N–H and O–H groups in total. The third kappa shape index (κ3) is 2.73. The second-order valence-corrected chi connectivity index (χ2v) is 5.74. The van der Waals surface area contributed by atoms with E-state index in [1.165, 1.54) is 0 Å². The first-order valence-corrected chi connectivity index (χ1v) is 7.78. The van der Waals surface area contributed by atoms with Crippen molar-refractivity contribution in [3.05, 3.63) is 29.3 Å². The van der Waals surface area contributed by atoms with E-state index in [9.17, 15) is 9.59 Å². The number of nitrogens with zero attached hydrogens (tertiary/aromatic N) is 1. The fraction of sp³-hybridized carbons (Fsp3) is 0.529. The molecule has 0 spiro atoms. The SMILES string of the molecule is CCOC(=O)c1ccc2c(c1)[C@H](N)[C@@H](C)[C@@H](CC)N2C(C)=O. The fourth-order valence-corrected chi connectivity index (χ4v) is 3.28. The number of hydrogen-bond donors (Lipinski definition) is 1. The molecule has 3 atom stereocenters. The Morgan fingerprint density at radius 3 is 2.55 bits per heavy atom. The summed E-state index contributed by atoms with van der Waals surface area (Å²) in [6.07, 6.45) is 0.841. The highest BCUT2D eigenvalue weighted by molar-refractivity contribution is 5.96. The van der Waals surface area contributed by atoms with Crippen LogP contribution in [-0.4, -0.2) is 24.5 Å². The molecule has 1 aromatic carbocycles. The molecule has 0 saturated heterocycles. The number of benzene rings is 1. The Morgan fingerprint density at radius 1 is 1.32 bits per heavy atom. The van der Waals surface area contributed by atoms with Gasteiger partial charge in [-0.25, -0.2) is 4.79 Å². The zero-order valence-corrected chi connectivity index (χ0v) is 13.6. The van der Waals surface area contributed by atoms with Crippen molar-refractivity contribution in [3.8, 4) is 0 Å². The molecule has 0 radical (unpaired) electrons. The van der Waals surface area contributed by atoms with Crippen LogP contribution in [0.15, 0.2) is 18.2 Å². The van der Waals surface area contributed by atoms with E-state index in [-0.39, 0.29) is 29.9 Å². The Bertz CT molecular complexity index is 585. The van der Waals surface area contributed by atoms with Crippen LogP contribution in [0.4, 0.5) is 5.69 Å². The van der Waals surface area contributed by atoms with E-state index < -0.39 is 0 Å². The monoisotopic (exact) mass is 304 g/mol. The maximum atomic E-state index is 12.1. The highest BCUT2D eigenvalue weighted by Crippen LogP contribution is 2.41. The molecule has 2 rings (SSSR count). The lowest BCUT2D eigenvalue weighted by Crippen LogP contribution is -2.50. The Morgan fingerprint density at radius 2 is 2.00 bits per heavy atom. The van der Waals surface area contributed by atoms with Gasteiger partial charge in [0.2, 0.25) is 5.91 Å². The Kier molecular flexibility index (Phi) is 4.86. The molecule has 0 aliphatic carbocycles. The highest BCUT2D eigenvalue weighted by Gasteiger charge is 2.38. The number of ether oxygens (including phenoxy) is 1. The molecule has 0 bridgehead atoms. The Hall–Kier alpha value is -1.88. The average Bonchev–Trinajstić information content (AvgIpc) is 2.50. The number of anilines is 1. The molecule has 1 heterocycles. The number of hydrogen-bond acceptors (Lipinski definition) is 4. The van der Waals surface area contributed by atoms with Crippen molar-refractivity contribution in [2.75, 3.05) is 11.5 Å². The van der Waals surface area contributed by atoms with Crippen LogP contribution in [0, 0.1) is 5.92 Å². The minimum atomic E-state index is -0.364. The van der Waals surface area contributed by atoms with E-state index in [2.05, 4.69) is 13.8 Å². The Labute approximate surface area is 131 Å². The number of esters is 1. The van der Waals surface area contributed by atoms with Gasteiger partial charge < -0.3 is 15.4 Å². The molecule has 5 nitrogen and oxygen atoms in total. The minimum Gasteiger partial charge on any atom is -0.462 e. The van der Waals surface area contributed by atoms with Crippen LogP contribution in [0.2, 0.25) is 0 Å². The van der Waals surface area contributed by atoms with E-state index in [0.717, 1.165) is 17.7 Å². The zero-order chi connectivity index (χ0) is 16.4. The first-order valence-electron chi connectivity index (χ1n) is 7.78. The quantitative estimate of drug-likeness (QED) is 0.871. The summed E-state index contributed by atoms with van der Waals surface area (Å²) in [5, 5.41) is 0. The van der Waals surface area contributed by atoms with Crippen LogP contribution in [0.25, 0.3) is 0 Å². The lowest BCUT2D eigenvalue weighted by Gasteiger charge is -2.43. The van der Waals surface area contributed by atoms with E-state index in [4.69, 9.17) is 10.5 Å². The largest absolute Gasteiger partial charge is 0.462 e. The van der Waals surface area contributed by atoms with Gasteiger partial charge in [0.1, 0.15) is 0 Å². The van der Waals surface area contributed by atoms with Crippen molar-refractivity contribution < 1.29 is 14.3 Å². The number of carbonyl (C=O) groups excluding carboxylic acids is 2. The first-order chi connectivity index (χ1) is 10.4. The molecular formula is C17H24N2O3. The predicted octanol–water partition coefficient (Wildman–Crippen LogP) is 2.64. The summed E-state index contributed by atoms with van der Waals surface area (Å²) in [6, 6.07) is 5.13. The van der Waals surface area contributed by atoms with Gasteiger partial charge in [-0.2, -0.15) is 0 Å². The minimum absolute atomic E-state index is 0.00395. The summed E-state index contributed by atoms with van der Waals surface area (Å²) in [5.74, 6) is -0.244. The third-order valence-corrected chi connectivity index (χ3v) is 4.42. The second-order valence-electron chi connectivity index (χ2n) is 5.74. The lowest BCUT2D eigenvalue weighted by molar-refractivity contribution is -0.117. The zero-order valence-electron chi connectivity index (χ0n) is 13.6. The number of rotatable bonds is 3. The number of fused-ring (bicyclic) bond motifs is 1. The third-order valence-electron chi connectivity index (χ3n) is 4.42. The topological polar surface area (TPSA) is 72.6 Å². The van der Waals surface area contributed by atoms with Gasteiger partial charge in [0, 0.05) is 24.7 Å². The molecule has 0 aromatic heterocycles. The Balaban J connectivity index is 2.52. The van der Waals surface area contributed by atoms with Crippen LogP contribution < -0.4 is 10.6 Å². The highest BCUT2D eigenvalue weighted by atomic mass is 16.5. The van der Waals surface area contributed by atoms with Crippen LogP contribution in [-0.2, 0) is 9.53 Å². The van der Waals surface area contributed by atoms with Gasteiger partial charge >= 0.3 is 5.97 Å². The lowest BCUT2D eigenvalue weighted by atomic mass is 9.81. The number of amides is 1. The van der Waals surface area contributed by atoms with Gasteiger partial charge in [-0.3, -0.25) is 4.79 Å². The molecule has 0 fully saturated rings. The normalized spacial score (nSPS) is 23.9. The molecule has 22 heavy (non-hydrogen) atoms. The van der Waals surface area contributed by atoms with Crippen molar-refractivity contribution in [2.45, 2.75) is 46.2 Å². The predicted molar refractivity (Wildman–Crippen MR) is 85.7 cm³/mol. The van der Waals surface area contributed by atoms with Crippen molar-refractivity contribution in [2.24, 2.45) is 11.7 Å². The van der Waals surface area contributed by atoms with E-state index in [0.29, 0.717) is 12.2 Å². The molecule has 1 amide bonds. The van der Waals surface area contributed by atoms with Crippen LogP contribution in [0.1, 0.15) is 56.1 Å². The molecule has 1 aromatic rings. The molecule has 0 unspecified atom stereocenters. The number of carbonyl (C=O) groups is 2. The maximum absolute atomic E-state index is 12.1. The summed E-state index contributed by atoms with van der Waals surface area (Å²) < 4.78 is 5.04. The van der Waals surface area contributed by atoms with Crippen molar-refractivity contribution in [1.82, 2.24) is 0 Å². The van der Waals surface area contributed by atoms with Gasteiger partial charge in [0.05, 0.1) is 12.2 Å². The number of nitrogens with two attached hydrogens (primary N) is 1. The van der Waals surface area contributed by atoms with Crippen molar-refractivity contribution in [1.29, 1.82) is 0 Å². The maximum Gasteiger partial charge on any atom is 0.338 e. The van der Waals surface area contributed by atoms with Gasteiger partial charge in [-0.1, -0.05) is 13.8 Å². The summed E-state index contributed by atoms with van der Waals surface area (Å²) in [6.45, 7) is 7.77. The summed E-state index contributed by atoms with van der Waals surface area (Å²) in [5.41, 5.74) is 8.48. The fourth-order valence-electron chi connectivity index (χ4n) is 3.28. The van der Waals surface area contributed by atoms with Crippen LogP contribution in [0.3, 0.4) is 0 Å². The summed E-state index contributed by atoms with van der Waals surface area (Å²) >= 11 is 0. The van der Waals surface area contributed by atoms with Crippen LogP contribution in [0.5, 0.6) is 0 Å². The summed E-state index contributed by atoms with van der Waals surface area (Å²) in [4.78, 5) is 25.8. The van der Waals surface area contributed by atoms with E-state index >= 15 is 0 Å². The molecule has 1 aliphatic heterocycles. The van der Waals surface area contributed by atoms with Crippen molar-refractivity contribution in [3.63, 3.8) is 0 Å². The van der Waals surface area contributed by atoms with Gasteiger partial charge in [0.25, 0.3) is 0 Å². The molecular weight excluding hydrogens is 280 g/mol. The van der Waals surface area contributed by atoms with Gasteiger partial charge in [-0.15, -0.1) is 0 Å². The summed E-state index contributed by atoms with van der Waals surface area (Å²) in [7, 11) is 0. The van der Waals surface area contributed by atoms with Crippen LogP contribution >= 0.6 is 0 Å². The molecule has 5 heteroatoms. The van der Waals surface area contributed by atoms with Gasteiger partial charge in [0.15, 0.2) is 0 Å². The molecule has 1 aliphatic rings. The molecule has 120 valence electrons. The van der Waals surface area contributed by atoms with E-state index in [1.807, 2.05) is 0 Å². The average molecular weight is 304 g/mol. The second kappa shape index (κ2) is 6.48. The standard InChI is InChI=1S/C17H24N2O3/c1-5-14-10(3)16(18)13-9-12(17(21)22-6-2)7-8-15(13)19(14)11(4)20/h7-10,14,16H,5-6,18H2,1-4H3/t10-,14+,16+/m0/s1. The van der Waals surface area contributed by atoms with Gasteiger partial charge in [-0.05, 0) is 43.0 Å². The smallest absolute Gasteiger partial charge is 0.338 e. The first kappa shape index (κ1) is 16.5. The van der Waals surface area contributed by atoms with Crippen molar-refractivity contribution >= 4 is 17.6 Å². The molecule has 0 saturated carbocycles.